The Morgan fingerprint density at radius 3 is 2.47 bits per heavy atom. The van der Waals surface area contributed by atoms with Crippen molar-refractivity contribution < 1.29 is 14.9 Å². The number of benzene rings is 1. The van der Waals surface area contributed by atoms with E-state index in [1.165, 1.54) is 7.05 Å². The maximum Gasteiger partial charge on any atom is 0.321 e. The second-order valence-corrected chi connectivity index (χ2v) is 4.77. The number of hydrogen-bond donors (Lipinski definition) is 3. The van der Waals surface area contributed by atoms with E-state index >= 15 is 0 Å². The van der Waals surface area contributed by atoms with Crippen molar-refractivity contribution in [1.29, 1.82) is 0 Å². The van der Waals surface area contributed by atoms with Gasteiger partial charge in [0.1, 0.15) is 6.04 Å². The first kappa shape index (κ1) is 15.5. The summed E-state index contributed by atoms with van der Waals surface area (Å²) in [6.07, 6.45) is 0. The third-order valence-electron chi connectivity index (χ3n) is 2.85. The van der Waals surface area contributed by atoms with Gasteiger partial charge in [-0.3, -0.25) is 10.1 Å². The van der Waals surface area contributed by atoms with Gasteiger partial charge in [0.2, 0.25) is 0 Å². The highest BCUT2D eigenvalue weighted by Crippen LogP contribution is 2.19. The molecule has 1 aromatic carbocycles. The van der Waals surface area contributed by atoms with E-state index in [0.29, 0.717) is 5.02 Å². The molecular formula is C13H19ClN3O2+. The second kappa shape index (κ2) is 7.11. The normalized spacial score (nSPS) is 13.5. The van der Waals surface area contributed by atoms with Crippen LogP contribution in [-0.4, -0.2) is 25.0 Å². The van der Waals surface area contributed by atoms with E-state index in [2.05, 4.69) is 10.6 Å². The highest BCUT2D eigenvalue weighted by Gasteiger charge is 2.22. The number of urea groups is 1. The van der Waals surface area contributed by atoms with Crippen molar-refractivity contribution in [3.8, 4) is 0 Å². The summed E-state index contributed by atoms with van der Waals surface area (Å²) in [5.74, 6) is -0.335. The predicted molar refractivity (Wildman–Crippen MR) is 73.9 cm³/mol. The van der Waals surface area contributed by atoms with E-state index in [4.69, 9.17) is 11.6 Å². The molecule has 104 valence electrons. The van der Waals surface area contributed by atoms with Crippen LogP contribution in [0, 0.1) is 0 Å². The highest BCUT2D eigenvalue weighted by atomic mass is 35.5. The van der Waals surface area contributed by atoms with Crippen molar-refractivity contribution in [2.45, 2.75) is 25.9 Å². The molecule has 19 heavy (non-hydrogen) atoms. The maximum absolute atomic E-state index is 11.7. The molecule has 1 rings (SSSR count). The van der Waals surface area contributed by atoms with Crippen LogP contribution in [0.15, 0.2) is 24.3 Å². The molecule has 0 aliphatic carbocycles. The second-order valence-electron chi connectivity index (χ2n) is 4.36. The minimum Gasteiger partial charge on any atom is -0.341 e. The van der Waals surface area contributed by atoms with Crippen LogP contribution in [0.3, 0.4) is 0 Å². The Bertz CT molecular complexity index is 465. The Balaban J connectivity index is 2.62. The Morgan fingerprint density at radius 1 is 1.26 bits per heavy atom. The summed E-state index contributed by atoms with van der Waals surface area (Å²) < 4.78 is 0. The van der Waals surface area contributed by atoms with Crippen LogP contribution in [0.1, 0.15) is 25.5 Å². The highest BCUT2D eigenvalue weighted by molar-refractivity contribution is 6.31. The van der Waals surface area contributed by atoms with Crippen molar-refractivity contribution in [3.63, 3.8) is 0 Å². The molecule has 0 bridgehead atoms. The third-order valence-corrected chi connectivity index (χ3v) is 3.19. The van der Waals surface area contributed by atoms with Crippen LogP contribution in [-0.2, 0) is 4.79 Å². The van der Waals surface area contributed by atoms with Gasteiger partial charge in [-0.2, -0.15) is 0 Å². The molecule has 0 radical (unpaired) electrons. The summed E-state index contributed by atoms with van der Waals surface area (Å²) in [7, 11) is 1.46. The zero-order chi connectivity index (χ0) is 14.4. The van der Waals surface area contributed by atoms with Gasteiger partial charge in [0.05, 0.1) is 0 Å². The lowest BCUT2D eigenvalue weighted by molar-refractivity contribution is -0.710. The van der Waals surface area contributed by atoms with Crippen molar-refractivity contribution >= 4 is 23.5 Å². The number of hydrogen-bond acceptors (Lipinski definition) is 2. The quantitative estimate of drug-likeness (QED) is 0.765. The van der Waals surface area contributed by atoms with Gasteiger partial charge in [-0.15, -0.1) is 0 Å². The summed E-state index contributed by atoms with van der Waals surface area (Å²) in [5, 5.41) is 7.12. The summed E-state index contributed by atoms with van der Waals surface area (Å²) in [6, 6.07) is 6.64. The fraction of sp³-hybridized carbons (Fsp3) is 0.385. The number of imide groups is 1. The molecule has 2 atom stereocenters. The zero-order valence-corrected chi connectivity index (χ0v) is 12.0. The van der Waals surface area contributed by atoms with Crippen molar-refractivity contribution in [1.82, 2.24) is 10.6 Å². The molecule has 5 nitrogen and oxygen atoms in total. The number of carbonyl (C=O) groups excluding carboxylic acids is 2. The standard InChI is InChI=1S/C13H18ClN3O2/c1-8(10-6-4-5-7-11(10)14)16-9(2)12(18)17-13(19)15-3/h4-9,16H,1-3H3,(H2,15,17,18,19)/p+1/t8-,9-/m1/s1. The lowest BCUT2D eigenvalue weighted by Gasteiger charge is -2.17. The fourth-order valence-corrected chi connectivity index (χ4v) is 2.06. The average molecular weight is 285 g/mol. The van der Waals surface area contributed by atoms with Crippen LogP contribution >= 0.6 is 11.6 Å². The summed E-state index contributed by atoms with van der Waals surface area (Å²) in [6.45, 7) is 3.70. The van der Waals surface area contributed by atoms with Gasteiger partial charge in [-0.1, -0.05) is 29.8 Å². The molecule has 0 heterocycles. The van der Waals surface area contributed by atoms with Crippen LogP contribution in [0.25, 0.3) is 0 Å². The Kier molecular flexibility index (Phi) is 5.79. The van der Waals surface area contributed by atoms with Gasteiger partial charge in [-0.05, 0) is 19.9 Å². The summed E-state index contributed by atoms with van der Waals surface area (Å²) >= 11 is 6.10. The maximum atomic E-state index is 11.7. The van der Waals surface area contributed by atoms with E-state index < -0.39 is 6.03 Å². The number of halogens is 1. The molecule has 4 N–H and O–H groups in total. The molecule has 0 saturated carbocycles. The van der Waals surface area contributed by atoms with Gasteiger partial charge in [-0.25, -0.2) is 4.79 Å². The predicted octanol–water partition coefficient (Wildman–Crippen LogP) is 0.809. The molecule has 3 amide bonds. The van der Waals surface area contributed by atoms with Crippen LogP contribution in [0.5, 0.6) is 0 Å². The fourth-order valence-electron chi connectivity index (χ4n) is 1.76. The molecule has 0 fully saturated rings. The SMILES string of the molecule is CNC(=O)NC(=O)[C@@H](C)[NH2+][C@H](C)c1ccccc1Cl. The van der Waals surface area contributed by atoms with E-state index in [1.54, 1.807) is 6.92 Å². The molecule has 1 aromatic rings. The number of nitrogens with two attached hydrogens (primary N) is 1. The lowest BCUT2D eigenvalue weighted by Crippen LogP contribution is -2.92. The molecular weight excluding hydrogens is 266 g/mol. The largest absolute Gasteiger partial charge is 0.341 e. The molecule has 6 heteroatoms. The minimum absolute atomic E-state index is 0.0270. The molecule has 0 aliphatic rings. The molecule has 0 spiro atoms. The van der Waals surface area contributed by atoms with Crippen molar-refractivity contribution in [2.24, 2.45) is 0 Å². The van der Waals surface area contributed by atoms with Crippen molar-refractivity contribution in [2.75, 3.05) is 7.05 Å². The van der Waals surface area contributed by atoms with E-state index in [-0.39, 0.29) is 18.0 Å². The summed E-state index contributed by atoms with van der Waals surface area (Å²) in [4.78, 5) is 22.8. The number of nitrogens with one attached hydrogen (secondary N) is 2. The van der Waals surface area contributed by atoms with Gasteiger partial charge in [0.25, 0.3) is 5.91 Å². The Morgan fingerprint density at radius 2 is 1.89 bits per heavy atom. The van der Waals surface area contributed by atoms with E-state index in [0.717, 1.165) is 5.56 Å². The number of quaternary nitrogens is 1. The van der Waals surface area contributed by atoms with Gasteiger partial charge in [0, 0.05) is 17.6 Å². The molecule has 0 aromatic heterocycles. The molecule has 0 saturated heterocycles. The number of rotatable bonds is 4. The minimum atomic E-state index is -0.504. The lowest BCUT2D eigenvalue weighted by atomic mass is 10.1. The first-order chi connectivity index (χ1) is 8.95. The van der Waals surface area contributed by atoms with E-state index in [1.807, 2.05) is 36.5 Å². The van der Waals surface area contributed by atoms with E-state index in [9.17, 15) is 9.59 Å². The van der Waals surface area contributed by atoms with Crippen LogP contribution in [0.4, 0.5) is 4.79 Å². The Labute approximate surface area is 117 Å². The van der Waals surface area contributed by atoms with Crippen LogP contribution in [0.2, 0.25) is 5.02 Å². The van der Waals surface area contributed by atoms with Crippen LogP contribution < -0.4 is 16.0 Å². The smallest absolute Gasteiger partial charge is 0.321 e. The number of carbonyl (C=O) groups is 2. The van der Waals surface area contributed by atoms with Crippen molar-refractivity contribution in [3.05, 3.63) is 34.9 Å². The topological polar surface area (TPSA) is 74.8 Å². The monoisotopic (exact) mass is 284 g/mol. The zero-order valence-electron chi connectivity index (χ0n) is 11.2. The summed E-state index contributed by atoms with van der Waals surface area (Å²) in [5.41, 5.74) is 0.962. The first-order valence-corrected chi connectivity index (χ1v) is 6.45. The van der Waals surface area contributed by atoms with Gasteiger partial charge in [0.15, 0.2) is 6.04 Å². The van der Waals surface area contributed by atoms with Gasteiger partial charge >= 0.3 is 6.03 Å². The first-order valence-electron chi connectivity index (χ1n) is 6.07. The third kappa shape index (κ3) is 4.54. The van der Waals surface area contributed by atoms with Gasteiger partial charge < -0.3 is 10.6 Å². The Hall–Kier alpha value is -1.59. The average Bonchev–Trinajstić information content (AvgIpc) is 2.38. The number of amides is 3. The molecule has 0 aliphatic heterocycles. The molecule has 0 unspecified atom stereocenters.